The minimum Gasteiger partial charge on any atom is -0.345 e. The van der Waals surface area contributed by atoms with Crippen molar-refractivity contribution in [3.05, 3.63) is 77.4 Å². The number of hydrogen-bond donors (Lipinski definition) is 0. The Morgan fingerprint density at radius 1 is 1.04 bits per heavy atom. The van der Waals surface area contributed by atoms with E-state index >= 15 is 0 Å². The Bertz CT molecular complexity index is 677. The standard InChI is InChI=1S/C22H27N/c1-5-18(2)9-6-7-10-20-11-8-12-22(17-20)23(4)21-15-13-19(3)14-16-21/h5,7-8,10-17H,6,9H2,1-4H3/b10-7?,18-5+. The third kappa shape index (κ3) is 5.14. The van der Waals surface area contributed by atoms with E-state index in [0.29, 0.717) is 0 Å². The second-order valence-corrected chi connectivity index (χ2v) is 6.07. The van der Waals surface area contributed by atoms with Gasteiger partial charge in [0.1, 0.15) is 0 Å². The molecule has 0 aliphatic carbocycles. The van der Waals surface area contributed by atoms with Crippen molar-refractivity contribution in [1.82, 2.24) is 0 Å². The van der Waals surface area contributed by atoms with E-state index in [9.17, 15) is 0 Å². The summed E-state index contributed by atoms with van der Waals surface area (Å²) in [4.78, 5) is 2.22. The quantitative estimate of drug-likeness (QED) is 0.549. The van der Waals surface area contributed by atoms with Crippen LogP contribution < -0.4 is 4.90 Å². The lowest BCUT2D eigenvalue weighted by atomic mass is 10.1. The molecule has 0 fully saturated rings. The van der Waals surface area contributed by atoms with Crippen molar-refractivity contribution < 1.29 is 0 Å². The highest BCUT2D eigenvalue weighted by atomic mass is 15.1. The summed E-state index contributed by atoms with van der Waals surface area (Å²) in [7, 11) is 2.11. The first kappa shape index (κ1) is 17.1. The lowest BCUT2D eigenvalue weighted by Gasteiger charge is -2.20. The van der Waals surface area contributed by atoms with Gasteiger partial charge in [0.05, 0.1) is 0 Å². The first-order chi connectivity index (χ1) is 11.1. The Morgan fingerprint density at radius 3 is 2.48 bits per heavy atom. The van der Waals surface area contributed by atoms with Gasteiger partial charge in [-0.15, -0.1) is 0 Å². The monoisotopic (exact) mass is 305 g/mol. The van der Waals surface area contributed by atoms with E-state index in [-0.39, 0.29) is 0 Å². The Kier molecular flexibility index (Phi) is 6.22. The molecular weight excluding hydrogens is 278 g/mol. The molecule has 120 valence electrons. The molecule has 2 aromatic carbocycles. The molecule has 0 spiro atoms. The van der Waals surface area contributed by atoms with Crippen LogP contribution in [0.4, 0.5) is 11.4 Å². The summed E-state index contributed by atoms with van der Waals surface area (Å²) in [5.41, 5.74) is 6.40. The lowest BCUT2D eigenvalue weighted by molar-refractivity contribution is 0.977. The minimum atomic E-state index is 1.09. The first-order valence-corrected chi connectivity index (χ1v) is 8.29. The van der Waals surface area contributed by atoms with Crippen molar-refractivity contribution in [1.29, 1.82) is 0 Å². The maximum atomic E-state index is 2.26. The molecule has 0 bridgehead atoms. The number of anilines is 2. The third-order valence-corrected chi connectivity index (χ3v) is 4.19. The van der Waals surface area contributed by atoms with E-state index in [1.165, 1.54) is 28.1 Å². The van der Waals surface area contributed by atoms with E-state index in [4.69, 9.17) is 0 Å². The SMILES string of the molecule is C/C=C(\C)CCC=Cc1cccc(N(C)c2ccc(C)cc2)c1. The molecule has 0 aromatic heterocycles. The average Bonchev–Trinajstić information content (AvgIpc) is 2.59. The molecule has 0 heterocycles. The number of hydrogen-bond acceptors (Lipinski definition) is 1. The van der Waals surface area contributed by atoms with Crippen molar-refractivity contribution in [3.8, 4) is 0 Å². The molecule has 0 saturated heterocycles. The Hall–Kier alpha value is -2.28. The number of allylic oxidation sites excluding steroid dienone is 3. The van der Waals surface area contributed by atoms with Gasteiger partial charge >= 0.3 is 0 Å². The molecule has 0 N–H and O–H groups in total. The highest BCUT2D eigenvalue weighted by Gasteiger charge is 2.03. The molecule has 0 aliphatic heterocycles. The predicted octanol–water partition coefficient (Wildman–Crippen LogP) is 6.52. The van der Waals surface area contributed by atoms with Gasteiger partial charge in [-0.2, -0.15) is 0 Å². The first-order valence-electron chi connectivity index (χ1n) is 8.29. The third-order valence-electron chi connectivity index (χ3n) is 4.19. The van der Waals surface area contributed by atoms with Gasteiger partial charge in [0.2, 0.25) is 0 Å². The Morgan fingerprint density at radius 2 is 1.78 bits per heavy atom. The molecule has 23 heavy (non-hydrogen) atoms. The normalized spacial score (nSPS) is 11.9. The minimum absolute atomic E-state index is 1.09. The zero-order chi connectivity index (χ0) is 16.7. The highest BCUT2D eigenvalue weighted by molar-refractivity contribution is 5.66. The van der Waals surface area contributed by atoms with Crippen LogP contribution in [0.2, 0.25) is 0 Å². The van der Waals surface area contributed by atoms with Crippen molar-refractivity contribution in [2.24, 2.45) is 0 Å². The van der Waals surface area contributed by atoms with Crippen LogP contribution in [0.25, 0.3) is 6.08 Å². The molecule has 0 atom stereocenters. The summed E-state index contributed by atoms with van der Waals surface area (Å²) in [5.74, 6) is 0. The van der Waals surface area contributed by atoms with Crippen LogP contribution in [-0.2, 0) is 0 Å². The van der Waals surface area contributed by atoms with Crippen molar-refractivity contribution >= 4 is 17.5 Å². The van der Waals surface area contributed by atoms with Gasteiger partial charge in [-0.1, -0.05) is 53.6 Å². The molecular formula is C22H27N. The molecule has 2 aromatic rings. The van der Waals surface area contributed by atoms with Crippen LogP contribution in [0.15, 0.2) is 66.3 Å². The van der Waals surface area contributed by atoms with E-state index in [1.807, 2.05) is 0 Å². The zero-order valence-electron chi connectivity index (χ0n) is 14.7. The van der Waals surface area contributed by atoms with Crippen LogP contribution in [0, 0.1) is 6.92 Å². The molecule has 0 saturated carbocycles. The number of nitrogens with zero attached hydrogens (tertiary/aromatic N) is 1. The van der Waals surface area contributed by atoms with Gasteiger partial charge in [0.15, 0.2) is 0 Å². The molecule has 0 amide bonds. The fourth-order valence-corrected chi connectivity index (χ4v) is 2.43. The highest BCUT2D eigenvalue weighted by Crippen LogP contribution is 2.25. The summed E-state index contributed by atoms with van der Waals surface area (Å²) in [6, 6.07) is 17.3. The van der Waals surface area contributed by atoms with Crippen molar-refractivity contribution in [2.45, 2.75) is 33.6 Å². The molecule has 0 aliphatic rings. The van der Waals surface area contributed by atoms with E-state index in [0.717, 1.165) is 12.8 Å². The van der Waals surface area contributed by atoms with Crippen LogP contribution in [0.5, 0.6) is 0 Å². The number of aryl methyl sites for hydroxylation is 1. The van der Waals surface area contributed by atoms with Gasteiger partial charge < -0.3 is 4.90 Å². The van der Waals surface area contributed by atoms with Crippen molar-refractivity contribution in [2.75, 3.05) is 11.9 Å². The smallest absolute Gasteiger partial charge is 0.0414 e. The molecule has 1 nitrogen and oxygen atoms in total. The largest absolute Gasteiger partial charge is 0.345 e. The topological polar surface area (TPSA) is 3.24 Å². The zero-order valence-corrected chi connectivity index (χ0v) is 14.7. The van der Waals surface area contributed by atoms with Gasteiger partial charge in [0, 0.05) is 18.4 Å². The van der Waals surface area contributed by atoms with Crippen molar-refractivity contribution in [3.63, 3.8) is 0 Å². The second kappa shape index (κ2) is 8.38. The predicted molar refractivity (Wildman–Crippen MR) is 103 cm³/mol. The lowest BCUT2D eigenvalue weighted by Crippen LogP contribution is -2.09. The van der Waals surface area contributed by atoms with Gasteiger partial charge in [-0.05, 0) is 63.4 Å². The molecule has 0 unspecified atom stereocenters. The summed E-state index contributed by atoms with van der Waals surface area (Å²) >= 11 is 0. The number of benzene rings is 2. The summed E-state index contributed by atoms with van der Waals surface area (Å²) in [6.45, 7) is 6.40. The maximum Gasteiger partial charge on any atom is 0.0414 e. The molecule has 0 radical (unpaired) electrons. The van der Waals surface area contributed by atoms with Crippen LogP contribution in [-0.4, -0.2) is 7.05 Å². The van der Waals surface area contributed by atoms with Gasteiger partial charge in [-0.25, -0.2) is 0 Å². The van der Waals surface area contributed by atoms with E-state index < -0.39 is 0 Å². The fourth-order valence-electron chi connectivity index (χ4n) is 2.43. The average molecular weight is 305 g/mol. The van der Waals surface area contributed by atoms with Crippen LogP contribution in [0.3, 0.4) is 0 Å². The van der Waals surface area contributed by atoms with E-state index in [1.54, 1.807) is 0 Å². The fraction of sp³-hybridized carbons (Fsp3) is 0.273. The molecule has 2 rings (SSSR count). The van der Waals surface area contributed by atoms with Gasteiger partial charge in [0.25, 0.3) is 0 Å². The van der Waals surface area contributed by atoms with Crippen LogP contribution in [0.1, 0.15) is 37.8 Å². The second-order valence-electron chi connectivity index (χ2n) is 6.07. The summed E-state index contributed by atoms with van der Waals surface area (Å²) in [5, 5.41) is 0. The maximum absolute atomic E-state index is 2.26. The summed E-state index contributed by atoms with van der Waals surface area (Å²) < 4.78 is 0. The van der Waals surface area contributed by atoms with Crippen LogP contribution >= 0.6 is 0 Å². The Labute approximate surface area is 141 Å². The summed E-state index contributed by atoms with van der Waals surface area (Å²) in [6.07, 6.45) is 8.89. The van der Waals surface area contributed by atoms with Gasteiger partial charge in [-0.3, -0.25) is 0 Å². The molecule has 1 heteroatoms. The number of rotatable bonds is 6. The Balaban J connectivity index is 2.07. The van der Waals surface area contributed by atoms with E-state index in [2.05, 4.69) is 99.5 Å².